The maximum Gasteiger partial charge on any atom is 0.119 e. The van der Waals surface area contributed by atoms with Gasteiger partial charge in [0.2, 0.25) is 0 Å². The molecule has 1 fully saturated rings. The van der Waals surface area contributed by atoms with Crippen LogP contribution in [0.15, 0.2) is 24.3 Å². The lowest BCUT2D eigenvalue weighted by Gasteiger charge is -2.41. The molecule has 2 rings (SSSR count). The zero-order valence-corrected chi connectivity index (χ0v) is 13.7. The summed E-state index contributed by atoms with van der Waals surface area (Å²) in [6.45, 7) is 10.7. The van der Waals surface area contributed by atoms with Crippen LogP contribution >= 0.6 is 0 Å². The van der Waals surface area contributed by atoms with Gasteiger partial charge in [-0.05, 0) is 55.8 Å². The fraction of sp³-hybridized carbons (Fsp3) is 0.667. The van der Waals surface area contributed by atoms with Crippen LogP contribution in [0, 0.1) is 11.8 Å². The molecule has 1 saturated heterocycles. The van der Waals surface area contributed by atoms with Gasteiger partial charge in [0.25, 0.3) is 0 Å². The molecule has 3 heteroatoms. The summed E-state index contributed by atoms with van der Waals surface area (Å²) in [6, 6.07) is 8.98. The third-order valence-corrected chi connectivity index (χ3v) is 4.72. The van der Waals surface area contributed by atoms with Crippen molar-refractivity contribution in [1.29, 1.82) is 0 Å². The van der Waals surface area contributed by atoms with Gasteiger partial charge in [0.05, 0.1) is 0 Å². The molecule has 0 aromatic heterocycles. The van der Waals surface area contributed by atoms with Gasteiger partial charge >= 0.3 is 0 Å². The van der Waals surface area contributed by atoms with Crippen LogP contribution in [0.25, 0.3) is 0 Å². The molecule has 0 amide bonds. The normalized spacial score (nSPS) is 26.8. The minimum Gasteiger partial charge on any atom is -0.492 e. The average molecular weight is 290 g/mol. The minimum absolute atomic E-state index is 0.664. The van der Waals surface area contributed by atoms with Gasteiger partial charge in [-0.1, -0.05) is 26.0 Å². The van der Waals surface area contributed by atoms with E-state index in [1.54, 1.807) is 0 Å². The van der Waals surface area contributed by atoms with Crippen LogP contribution in [0.2, 0.25) is 0 Å². The fourth-order valence-corrected chi connectivity index (χ4v) is 3.33. The van der Waals surface area contributed by atoms with Gasteiger partial charge in [-0.25, -0.2) is 0 Å². The van der Waals surface area contributed by atoms with Crippen molar-refractivity contribution in [2.24, 2.45) is 17.6 Å². The summed E-state index contributed by atoms with van der Waals surface area (Å²) in [5.74, 6) is 2.54. The smallest absolute Gasteiger partial charge is 0.119 e. The SMILES string of the molecule is CC1CC(C)C(C)N(CCOc2ccc(CCN)cc2)C1. The first-order chi connectivity index (χ1) is 10.1. The Kier molecular flexibility index (Phi) is 6.07. The van der Waals surface area contributed by atoms with Crippen molar-refractivity contribution in [1.82, 2.24) is 4.90 Å². The van der Waals surface area contributed by atoms with E-state index in [1.807, 2.05) is 0 Å². The zero-order chi connectivity index (χ0) is 15.2. The highest BCUT2D eigenvalue weighted by Gasteiger charge is 2.28. The fourth-order valence-electron chi connectivity index (χ4n) is 3.33. The van der Waals surface area contributed by atoms with E-state index in [4.69, 9.17) is 10.5 Å². The number of hydrogen-bond acceptors (Lipinski definition) is 3. The molecule has 0 aliphatic carbocycles. The summed E-state index contributed by atoms with van der Waals surface area (Å²) < 4.78 is 5.89. The first-order valence-electron chi connectivity index (χ1n) is 8.26. The standard InChI is InChI=1S/C18H30N2O/c1-14-12-15(2)16(3)20(13-14)10-11-21-18-6-4-17(5-7-18)8-9-19/h4-7,14-16H,8-13,19H2,1-3H3. The second-order valence-electron chi connectivity index (χ2n) is 6.58. The summed E-state index contributed by atoms with van der Waals surface area (Å²) in [5, 5.41) is 0. The lowest BCUT2D eigenvalue weighted by Crippen LogP contribution is -2.47. The van der Waals surface area contributed by atoms with Crippen LogP contribution in [0.5, 0.6) is 5.75 Å². The molecule has 1 heterocycles. The molecule has 1 aliphatic heterocycles. The highest BCUT2D eigenvalue weighted by molar-refractivity contribution is 5.27. The van der Waals surface area contributed by atoms with E-state index in [-0.39, 0.29) is 0 Å². The van der Waals surface area contributed by atoms with Crippen molar-refractivity contribution in [3.8, 4) is 5.75 Å². The van der Waals surface area contributed by atoms with Gasteiger partial charge in [0, 0.05) is 19.1 Å². The van der Waals surface area contributed by atoms with Crippen LogP contribution in [-0.2, 0) is 6.42 Å². The molecule has 3 unspecified atom stereocenters. The van der Waals surface area contributed by atoms with Crippen molar-refractivity contribution in [2.75, 3.05) is 26.2 Å². The third kappa shape index (κ3) is 4.72. The van der Waals surface area contributed by atoms with Crippen molar-refractivity contribution in [3.63, 3.8) is 0 Å². The Morgan fingerprint density at radius 2 is 1.90 bits per heavy atom. The first kappa shape index (κ1) is 16.3. The van der Waals surface area contributed by atoms with E-state index < -0.39 is 0 Å². The van der Waals surface area contributed by atoms with Crippen molar-refractivity contribution < 1.29 is 4.74 Å². The molecule has 1 aliphatic rings. The quantitative estimate of drug-likeness (QED) is 0.875. The van der Waals surface area contributed by atoms with Crippen LogP contribution in [0.4, 0.5) is 0 Å². The first-order valence-corrected chi connectivity index (χ1v) is 8.26. The predicted molar refractivity (Wildman–Crippen MR) is 88.7 cm³/mol. The number of nitrogens with two attached hydrogens (primary N) is 1. The minimum atomic E-state index is 0.664. The number of benzene rings is 1. The van der Waals surface area contributed by atoms with Gasteiger partial charge in [0.15, 0.2) is 0 Å². The number of ether oxygens (including phenoxy) is 1. The number of nitrogens with zero attached hydrogens (tertiary/aromatic N) is 1. The maximum atomic E-state index is 5.89. The summed E-state index contributed by atoms with van der Waals surface area (Å²) in [7, 11) is 0. The van der Waals surface area contributed by atoms with Gasteiger partial charge in [-0.3, -0.25) is 4.90 Å². The summed E-state index contributed by atoms with van der Waals surface area (Å²) in [6.07, 6.45) is 2.28. The van der Waals surface area contributed by atoms with E-state index in [9.17, 15) is 0 Å². The summed E-state index contributed by atoms with van der Waals surface area (Å²) in [4.78, 5) is 2.57. The van der Waals surface area contributed by atoms with Crippen molar-refractivity contribution >= 4 is 0 Å². The van der Waals surface area contributed by atoms with E-state index in [1.165, 1.54) is 18.5 Å². The van der Waals surface area contributed by atoms with Crippen LogP contribution in [0.3, 0.4) is 0 Å². The molecule has 0 radical (unpaired) electrons. The highest BCUT2D eigenvalue weighted by atomic mass is 16.5. The Labute approximate surface area is 129 Å². The molecular weight excluding hydrogens is 260 g/mol. The molecule has 3 nitrogen and oxygen atoms in total. The third-order valence-electron chi connectivity index (χ3n) is 4.72. The Hall–Kier alpha value is -1.06. The molecule has 0 spiro atoms. The zero-order valence-electron chi connectivity index (χ0n) is 13.7. The van der Waals surface area contributed by atoms with E-state index in [0.29, 0.717) is 12.6 Å². The second kappa shape index (κ2) is 7.81. The van der Waals surface area contributed by atoms with Gasteiger partial charge < -0.3 is 10.5 Å². The van der Waals surface area contributed by atoms with E-state index in [2.05, 4.69) is 49.9 Å². The highest BCUT2D eigenvalue weighted by Crippen LogP contribution is 2.26. The Morgan fingerprint density at radius 3 is 2.57 bits per heavy atom. The average Bonchev–Trinajstić information content (AvgIpc) is 2.46. The van der Waals surface area contributed by atoms with Crippen LogP contribution < -0.4 is 10.5 Å². The van der Waals surface area contributed by atoms with Crippen molar-refractivity contribution in [3.05, 3.63) is 29.8 Å². The van der Waals surface area contributed by atoms with Crippen molar-refractivity contribution in [2.45, 2.75) is 39.7 Å². The molecule has 0 bridgehead atoms. The van der Waals surface area contributed by atoms with Gasteiger partial charge in [-0.15, -0.1) is 0 Å². The largest absolute Gasteiger partial charge is 0.492 e. The number of rotatable bonds is 6. The summed E-state index contributed by atoms with van der Waals surface area (Å²) >= 11 is 0. The monoisotopic (exact) mass is 290 g/mol. The molecule has 2 N–H and O–H groups in total. The number of hydrogen-bond donors (Lipinski definition) is 1. The molecule has 1 aromatic carbocycles. The molecule has 0 saturated carbocycles. The lowest BCUT2D eigenvalue weighted by atomic mass is 9.86. The Bertz CT molecular complexity index is 418. The topological polar surface area (TPSA) is 38.5 Å². The van der Waals surface area contributed by atoms with E-state index in [0.717, 1.165) is 37.2 Å². The second-order valence-corrected chi connectivity index (χ2v) is 6.58. The molecule has 1 aromatic rings. The predicted octanol–water partition coefficient (Wildman–Crippen LogP) is 2.93. The van der Waals surface area contributed by atoms with Gasteiger partial charge in [-0.2, -0.15) is 0 Å². The summed E-state index contributed by atoms with van der Waals surface area (Å²) in [5.41, 5.74) is 6.84. The maximum absolute atomic E-state index is 5.89. The Balaban J connectivity index is 1.78. The number of likely N-dealkylation sites (tertiary alicyclic amines) is 1. The Morgan fingerprint density at radius 1 is 1.19 bits per heavy atom. The molecule has 3 atom stereocenters. The van der Waals surface area contributed by atoms with Gasteiger partial charge in [0.1, 0.15) is 12.4 Å². The molecular formula is C18H30N2O. The molecule has 118 valence electrons. The van der Waals surface area contributed by atoms with Crippen LogP contribution in [-0.4, -0.2) is 37.2 Å². The van der Waals surface area contributed by atoms with E-state index >= 15 is 0 Å². The number of piperidine rings is 1. The van der Waals surface area contributed by atoms with Crippen LogP contribution in [0.1, 0.15) is 32.8 Å². The lowest BCUT2D eigenvalue weighted by molar-refractivity contribution is 0.0665. The molecule has 21 heavy (non-hydrogen) atoms.